The van der Waals surface area contributed by atoms with Crippen LogP contribution in [0, 0.1) is 0 Å². The number of alkyl halides is 3. The molecule has 1 saturated carbocycles. The summed E-state index contributed by atoms with van der Waals surface area (Å²) in [4.78, 5) is 13.1. The number of rotatable bonds is 4. The second-order valence-electron chi connectivity index (χ2n) is 4.61. The predicted molar refractivity (Wildman–Crippen MR) is 64.1 cm³/mol. The number of carbonyl (C=O) groups is 1. The molecule has 2 rings (SSSR count). The van der Waals surface area contributed by atoms with Crippen molar-refractivity contribution in [3.63, 3.8) is 0 Å². The molecule has 1 aromatic carbocycles. The van der Waals surface area contributed by atoms with E-state index < -0.39 is 11.7 Å². The fourth-order valence-corrected chi connectivity index (χ4v) is 2.04. The largest absolute Gasteiger partial charge is 0.416 e. The zero-order valence-electron chi connectivity index (χ0n) is 10.3. The number of hydrogen-bond donors (Lipinski definition) is 1. The van der Waals surface area contributed by atoms with Crippen LogP contribution in [0.2, 0.25) is 0 Å². The number of carbonyl (C=O) groups excluding carboxylic acids is 1. The highest BCUT2D eigenvalue weighted by Gasteiger charge is 2.36. The van der Waals surface area contributed by atoms with Crippen LogP contribution in [-0.4, -0.2) is 23.4 Å². The van der Waals surface area contributed by atoms with Gasteiger partial charge in [0, 0.05) is 12.6 Å². The van der Waals surface area contributed by atoms with Crippen LogP contribution in [0.1, 0.15) is 24.0 Å². The van der Waals surface area contributed by atoms with E-state index in [2.05, 4.69) is 0 Å². The average molecular weight is 272 g/mol. The highest BCUT2D eigenvalue weighted by atomic mass is 19.4. The van der Waals surface area contributed by atoms with Crippen LogP contribution >= 0.6 is 0 Å². The molecular formula is C13H15F3N2O. The lowest BCUT2D eigenvalue weighted by atomic mass is 10.1. The first kappa shape index (κ1) is 13.9. The molecule has 1 aromatic rings. The van der Waals surface area contributed by atoms with E-state index in [9.17, 15) is 18.0 Å². The molecule has 0 bridgehead atoms. The first-order valence-electron chi connectivity index (χ1n) is 6.08. The summed E-state index contributed by atoms with van der Waals surface area (Å²) in [6, 6.07) is 5.37. The van der Waals surface area contributed by atoms with Gasteiger partial charge in [-0.05, 0) is 24.5 Å². The lowest BCUT2D eigenvalue weighted by Crippen LogP contribution is -2.37. The number of halogens is 3. The Labute approximate surface area is 109 Å². The second kappa shape index (κ2) is 5.21. The zero-order valence-corrected chi connectivity index (χ0v) is 10.3. The van der Waals surface area contributed by atoms with Gasteiger partial charge in [-0.25, -0.2) is 0 Å². The van der Waals surface area contributed by atoms with E-state index in [0.29, 0.717) is 0 Å². The number of benzene rings is 1. The summed E-state index contributed by atoms with van der Waals surface area (Å²) in [7, 11) is 0. The summed E-state index contributed by atoms with van der Waals surface area (Å²) in [5.41, 5.74) is 4.73. The number of nitrogens with two attached hydrogens (primary N) is 1. The molecule has 0 heterocycles. The molecule has 1 fully saturated rings. The van der Waals surface area contributed by atoms with Gasteiger partial charge in [0.25, 0.3) is 0 Å². The van der Waals surface area contributed by atoms with Gasteiger partial charge >= 0.3 is 6.18 Å². The molecule has 3 nitrogen and oxygen atoms in total. The maximum absolute atomic E-state index is 12.9. The van der Waals surface area contributed by atoms with E-state index in [1.54, 1.807) is 6.07 Å². The first-order valence-corrected chi connectivity index (χ1v) is 6.08. The summed E-state index contributed by atoms with van der Waals surface area (Å²) in [5.74, 6) is -0.306. The average Bonchev–Trinajstić information content (AvgIpc) is 3.18. The van der Waals surface area contributed by atoms with Crippen molar-refractivity contribution in [1.29, 1.82) is 0 Å². The van der Waals surface area contributed by atoms with E-state index >= 15 is 0 Å². The topological polar surface area (TPSA) is 46.3 Å². The second-order valence-corrected chi connectivity index (χ2v) is 4.61. The van der Waals surface area contributed by atoms with Gasteiger partial charge in [-0.15, -0.1) is 0 Å². The molecule has 2 N–H and O–H groups in total. The monoisotopic (exact) mass is 272 g/mol. The van der Waals surface area contributed by atoms with Crippen LogP contribution in [0.4, 0.5) is 13.2 Å². The molecule has 104 valence electrons. The van der Waals surface area contributed by atoms with E-state index in [1.807, 2.05) is 0 Å². The predicted octanol–water partition coefficient (Wildman–Crippen LogP) is 2.16. The minimum atomic E-state index is -4.41. The van der Waals surface area contributed by atoms with Crippen LogP contribution in [0.15, 0.2) is 24.3 Å². The Balaban J connectivity index is 2.24. The molecule has 0 spiro atoms. The van der Waals surface area contributed by atoms with Gasteiger partial charge in [-0.3, -0.25) is 4.79 Å². The van der Waals surface area contributed by atoms with Crippen LogP contribution in [-0.2, 0) is 17.5 Å². The smallest absolute Gasteiger partial charge is 0.334 e. The molecule has 0 aromatic heterocycles. The molecular weight excluding hydrogens is 257 g/mol. The van der Waals surface area contributed by atoms with Gasteiger partial charge in [0.05, 0.1) is 12.1 Å². The first-order chi connectivity index (χ1) is 8.93. The molecule has 1 amide bonds. The van der Waals surface area contributed by atoms with Crippen LogP contribution < -0.4 is 5.73 Å². The van der Waals surface area contributed by atoms with Crippen LogP contribution in [0.3, 0.4) is 0 Å². The molecule has 0 radical (unpaired) electrons. The van der Waals surface area contributed by atoms with Crippen molar-refractivity contribution in [1.82, 2.24) is 4.90 Å². The summed E-state index contributed by atoms with van der Waals surface area (Å²) in [6.07, 6.45) is -2.74. The fourth-order valence-electron chi connectivity index (χ4n) is 2.04. The third-order valence-electron chi connectivity index (χ3n) is 3.15. The summed E-state index contributed by atoms with van der Waals surface area (Å²) in [6.45, 7) is -0.207. The minimum absolute atomic E-state index is 0.0314. The Morgan fingerprint density at radius 3 is 2.47 bits per heavy atom. The van der Waals surface area contributed by atoms with Crippen molar-refractivity contribution in [3.05, 3.63) is 35.4 Å². The van der Waals surface area contributed by atoms with Crippen molar-refractivity contribution >= 4 is 5.91 Å². The van der Waals surface area contributed by atoms with Crippen molar-refractivity contribution < 1.29 is 18.0 Å². The molecule has 1 aliphatic rings. The standard InChI is InChI=1S/C13H15F3N2O/c14-13(15,16)11-4-2-1-3-9(11)8-18(10-5-6-10)12(19)7-17/h1-4,10H,5-8,17H2. The van der Waals surface area contributed by atoms with Crippen molar-refractivity contribution in [2.24, 2.45) is 5.73 Å². The number of hydrogen-bond acceptors (Lipinski definition) is 2. The van der Waals surface area contributed by atoms with Gasteiger partial charge in [-0.2, -0.15) is 13.2 Å². The normalized spacial score (nSPS) is 15.4. The summed E-state index contributed by atoms with van der Waals surface area (Å²) < 4.78 is 38.6. The Bertz CT molecular complexity index is 469. The maximum Gasteiger partial charge on any atom is 0.416 e. The quantitative estimate of drug-likeness (QED) is 0.913. The van der Waals surface area contributed by atoms with Gasteiger partial charge in [-0.1, -0.05) is 18.2 Å². The number of amides is 1. The molecule has 0 atom stereocenters. The highest BCUT2D eigenvalue weighted by molar-refractivity contribution is 5.78. The summed E-state index contributed by atoms with van der Waals surface area (Å²) in [5, 5.41) is 0. The van der Waals surface area contributed by atoms with Crippen molar-refractivity contribution in [2.75, 3.05) is 6.54 Å². The Morgan fingerprint density at radius 2 is 1.95 bits per heavy atom. The SMILES string of the molecule is NCC(=O)N(Cc1ccccc1C(F)(F)F)C1CC1. The van der Waals surface area contributed by atoms with Crippen LogP contribution in [0.5, 0.6) is 0 Å². The molecule has 19 heavy (non-hydrogen) atoms. The Morgan fingerprint density at radius 1 is 1.32 bits per heavy atom. The molecule has 0 saturated heterocycles. The Kier molecular flexibility index (Phi) is 3.80. The lowest BCUT2D eigenvalue weighted by Gasteiger charge is -2.23. The van der Waals surface area contributed by atoms with Gasteiger partial charge in [0.2, 0.25) is 5.91 Å². The van der Waals surface area contributed by atoms with Gasteiger partial charge in [0.15, 0.2) is 0 Å². The number of nitrogens with zero attached hydrogens (tertiary/aromatic N) is 1. The van der Waals surface area contributed by atoms with Crippen molar-refractivity contribution in [3.8, 4) is 0 Å². The third-order valence-corrected chi connectivity index (χ3v) is 3.15. The van der Waals surface area contributed by atoms with E-state index in [0.717, 1.165) is 18.9 Å². The van der Waals surface area contributed by atoms with Gasteiger partial charge < -0.3 is 10.6 Å². The molecule has 0 unspecified atom stereocenters. The highest BCUT2D eigenvalue weighted by Crippen LogP contribution is 2.34. The van der Waals surface area contributed by atoms with Crippen molar-refractivity contribution in [2.45, 2.75) is 31.6 Å². The molecule has 1 aliphatic carbocycles. The summed E-state index contributed by atoms with van der Waals surface area (Å²) >= 11 is 0. The maximum atomic E-state index is 12.9. The van der Waals surface area contributed by atoms with Gasteiger partial charge in [0.1, 0.15) is 0 Å². The molecule has 6 heteroatoms. The lowest BCUT2D eigenvalue weighted by molar-refractivity contribution is -0.139. The van der Waals surface area contributed by atoms with E-state index in [-0.39, 0.29) is 30.6 Å². The van der Waals surface area contributed by atoms with E-state index in [1.165, 1.54) is 17.0 Å². The van der Waals surface area contributed by atoms with E-state index in [4.69, 9.17) is 5.73 Å². The third kappa shape index (κ3) is 3.26. The van der Waals surface area contributed by atoms with Crippen LogP contribution in [0.25, 0.3) is 0 Å². The fraction of sp³-hybridized carbons (Fsp3) is 0.462. The zero-order chi connectivity index (χ0) is 14.0. The minimum Gasteiger partial charge on any atom is -0.334 e. The molecule has 0 aliphatic heterocycles. The Hall–Kier alpha value is -1.56.